The first-order valence-corrected chi connectivity index (χ1v) is 37.9. The van der Waals surface area contributed by atoms with Crippen LogP contribution in [0.1, 0.15) is 78.2 Å². The molecular formula is C68H88Cl5MnN12O8S4. The van der Waals surface area contributed by atoms with Crippen LogP contribution in [0.25, 0.3) is 90.9 Å². The molecule has 8 bridgehead atoms. The Bertz CT molecular complexity index is 4250. The molecule has 98 heavy (non-hydrogen) atoms. The van der Waals surface area contributed by atoms with Crippen molar-refractivity contribution in [3.05, 3.63) is 144 Å². The maximum absolute atomic E-state index is 13.8. The molecule has 0 fully saturated rings. The van der Waals surface area contributed by atoms with Crippen LogP contribution in [0.4, 0.5) is 0 Å². The van der Waals surface area contributed by atoms with E-state index in [0.717, 1.165) is 52.4 Å². The maximum Gasteiger partial charge on any atom is 3.00 e. The molecule has 0 aliphatic carbocycles. The van der Waals surface area contributed by atoms with Crippen molar-refractivity contribution in [2.75, 3.05) is 105 Å². The van der Waals surface area contributed by atoms with Crippen LogP contribution in [-0.4, -0.2) is 148 Å². The number of hydrogen-bond acceptors (Lipinski definition) is 10. The van der Waals surface area contributed by atoms with E-state index in [2.05, 4.69) is 74.3 Å². The van der Waals surface area contributed by atoms with Crippen molar-refractivity contribution in [2.24, 2.45) is 0 Å². The first-order chi connectivity index (χ1) is 44.2. The molecule has 20 nitrogen and oxygen atoms in total. The molecule has 0 unspecified atom stereocenters. The van der Waals surface area contributed by atoms with Crippen molar-refractivity contribution < 1.29 is 132 Å². The van der Waals surface area contributed by atoms with Crippen LogP contribution in [-0.2, 0) is 57.2 Å². The van der Waals surface area contributed by atoms with Gasteiger partial charge in [0.05, 0.1) is 147 Å². The van der Waals surface area contributed by atoms with Gasteiger partial charge < -0.3 is 91.6 Å². The second-order valence-electron chi connectivity index (χ2n) is 22.9. The molecule has 9 rings (SSSR count). The SMILES string of the molecule is CC[NH+](CC)CCNS(=O)(=O)c1ccc(-c2c3nc(c(-c4ccc(S(=O)(=O)NCC[NH+](CC)CC)cc4)c4ccc([n-]4)c(-c4ccc(S(=O)(=O)NCC[NH+](CC)CC)cc4)c4ccc([n-]4)c(-c4ccc(S(=O)(=O)NCC[NH+](CC)CC)cc4)c4nc2C=C4)C=C3)cc1.[Cl-].[Cl-].[Cl-].[Cl-].[Cl-].[Mn+3]. The smallest absolute Gasteiger partial charge is 1.00 e. The van der Waals surface area contributed by atoms with Gasteiger partial charge in [0, 0.05) is 5.56 Å². The van der Waals surface area contributed by atoms with Crippen molar-refractivity contribution in [1.82, 2.24) is 38.8 Å². The summed E-state index contributed by atoms with van der Waals surface area (Å²) < 4.78 is 121. The summed E-state index contributed by atoms with van der Waals surface area (Å²) in [4.78, 5) is 26.8. The zero-order chi connectivity index (χ0) is 65.8. The molecule has 2 aliphatic heterocycles. The van der Waals surface area contributed by atoms with Crippen LogP contribution in [0, 0.1) is 0 Å². The fraction of sp³-hybridized carbons (Fsp3) is 0.353. The number of sulfonamides is 4. The molecule has 7 aromatic rings. The Morgan fingerprint density at radius 3 is 0.714 bits per heavy atom. The number of hydrogen-bond donors (Lipinski definition) is 8. The number of nitrogens with one attached hydrogen (secondary N) is 8. The van der Waals surface area contributed by atoms with Crippen molar-refractivity contribution in [1.29, 1.82) is 0 Å². The molecule has 2 aliphatic rings. The molecular weight excluding hydrogens is 1470 g/mol. The fourth-order valence-corrected chi connectivity index (χ4v) is 15.8. The number of halogens is 5. The van der Waals surface area contributed by atoms with Gasteiger partial charge in [0.2, 0.25) is 40.1 Å². The van der Waals surface area contributed by atoms with Gasteiger partial charge in [-0.1, -0.05) is 72.8 Å². The van der Waals surface area contributed by atoms with Crippen molar-refractivity contribution >= 4 is 86.5 Å². The predicted molar refractivity (Wildman–Crippen MR) is 367 cm³/mol. The van der Waals surface area contributed by atoms with Crippen LogP contribution in [0.3, 0.4) is 0 Å². The summed E-state index contributed by atoms with van der Waals surface area (Å²) in [6, 6.07) is 33.9. The Kier molecular flexibility index (Phi) is 35.0. The number of fused-ring (bicyclic) bond motifs is 8. The molecule has 4 aromatic carbocycles. The summed E-state index contributed by atoms with van der Waals surface area (Å²) in [6.45, 7) is 27.1. The summed E-state index contributed by atoms with van der Waals surface area (Å²) in [7, 11) is -15.6. The zero-order valence-corrected chi connectivity index (χ0v) is 64.4. The third-order valence-electron chi connectivity index (χ3n) is 17.5. The van der Waals surface area contributed by atoms with Gasteiger partial charge in [-0.3, -0.25) is 0 Å². The molecule has 30 heteroatoms. The van der Waals surface area contributed by atoms with E-state index in [0.29, 0.717) is 116 Å². The van der Waals surface area contributed by atoms with Crippen LogP contribution in [0.5, 0.6) is 0 Å². The molecule has 8 N–H and O–H groups in total. The van der Waals surface area contributed by atoms with E-state index in [1.165, 1.54) is 19.6 Å². The Morgan fingerprint density at radius 1 is 0.296 bits per heavy atom. The monoisotopic (exact) mass is 1560 g/mol. The largest absolute Gasteiger partial charge is 3.00 e. The number of benzene rings is 4. The fourth-order valence-electron chi connectivity index (χ4n) is 11.7. The third kappa shape index (κ3) is 21.0. The zero-order valence-electron chi connectivity index (χ0n) is 56.1. The number of rotatable bonds is 32. The van der Waals surface area contributed by atoms with Gasteiger partial charge in [0.25, 0.3) is 0 Å². The van der Waals surface area contributed by atoms with Crippen molar-refractivity contribution in [3.63, 3.8) is 0 Å². The molecule has 3 aromatic heterocycles. The number of likely N-dealkylation sites (N-methyl/N-ethyl adjacent to an activating group) is 4. The van der Waals surface area contributed by atoms with Crippen molar-refractivity contribution in [2.45, 2.75) is 75.0 Å². The van der Waals surface area contributed by atoms with E-state index in [1.807, 2.05) is 48.6 Å². The van der Waals surface area contributed by atoms with Crippen LogP contribution >= 0.6 is 0 Å². The quantitative estimate of drug-likeness (QED) is 0.0183. The molecule has 0 atom stereocenters. The molecule has 5 heterocycles. The summed E-state index contributed by atoms with van der Waals surface area (Å²) in [6.07, 6.45) is 7.45. The molecule has 0 amide bonds. The second-order valence-corrected chi connectivity index (χ2v) is 29.9. The molecule has 534 valence electrons. The average molecular weight is 1560 g/mol. The number of aromatic nitrogens is 4. The Balaban J connectivity index is 0.00000417. The molecule has 0 saturated carbocycles. The second kappa shape index (κ2) is 39.4. The van der Waals surface area contributed by atoms with Gasteiger partial charge >= 0.3 is 17.1 Å². The van der Waals surface area contributed by atoms with Gasteiger partial charge in [0.15, 0.2) is 0 Å². The van der Waals surface area contributed by atoms with E-state index in [4.69, 9.17) is 19.9 Å². The van der Waals surface area contributed by atoms with Crippen LogP contribution in [0.15, 0.2) is 141 Å². The van der Waals surface area contributed by atoms with Crippen LogP contribution in [0.2, 0.25) is 0 Å². The molecule has 0 radical (unpaired) electrons. The van der Waals surface area contributed by atoms with E-state index in [1.54, 1.807) is 97.1 Å². The normalized spacial score (nSPS) is 12.2. The molecule has 0 saturated heterocycles. The maximum atomic E-state index is 13.8. The standard InChI is InChI=1S/C68H84N12O8S4.5ClH.Mn/c1-9-77(10-2)45-41-69-89(81,82)53-25-17-49(18-26-53)65-57-33-35-59(73-57)66(50-19-27-54(28-20-50)90(83,84)70-42-46-78(11-3)12-4)61-37-39-63(75-61)68(52-23-31-56(32-24-52)92(87,88)72-44-48-80(15-7)16-8)64-40-38-62(76-64)67(60-36-34-58(65)74-60)51-21-29-55(30-22-51)91(85,86)71-43-47-79(13-5)14-6;;;;;;/h17-40,69-72H,9-16,41-48H2,1-8H3;5*1H;/q-2;;;;;;+3/p-1. The summed E-state index contributed by atoms with van der Waals surface area (Å²) >= 11 is 0. The minimum absolute atomic E-state index is 0. The Morgan fingerprint density at radius 2 is 0.490 bits per heavy atom. The minimum Gasteiger partial charge on any atom is -1.00 e. The summed E-state index contributed by atoms with van der Waals surface area (Å²) in [5.41, 5.74) is 8.64. The minimum atomic E-state index is -3.89. The van der Waals surface area contributed by atoms with Gasteiger partial charge in [-0.05, 0) is 167 Å². The predicted octanol–water partition coefficient (Wildman–Crippen LogP) is -11.6. The van der Waals surface area contributed by atoms with Crippen molar-refractivity contribution in [3.8, 4) is 44.5 Å². The Hall–Kier alpha value is -5.07. The number of nitrogens with zero attached hydrogens (tertiary/aromatic N) is 4. The summed E-state index contributed by atoms with van der Waals surface area (Å²) in [5.74, 6) is 0. The van der Waals surface area contributed by atoms with E-state index in [9.17, 15) is 33.7 Å². The van der Waals surface area contributed by atoms with E-state index < -0.39 is 40.1 Å². The van der Waals surface area contributed by atoms with Gasteiger partial charge in [0.1, 0.15) is 0 Å². The topological polar surface area (TPSA) is 256 Å². The summed E-state index contributed by atoms with van der Waals surface area (Å²) in [5, 5.41) is 0. The van der Waals surface area contributed by atoms with E-state index in [-0.39, 0.29) is 125 Å². The third-order valence-corrected chi connectivity index (χ3v) is 23.4. The van der Waals surface area contributed by atoms with E-state index >= 15 is 0 Å². The average Bonchev–Trinajstić information content (AvgIpc) is 1.60. The van der Waals surface area contributed by atoms with Gasteiger partial charge in [-0.25, -0.2) is 62.5 Å². The number of quaternary nitrogens is 4. The first-order valence-electron chi connectivity index (χ1n) is 32.0. The van der Waals surface area contributed by atoms with Crippen LogP contribution < -0.4 is 110 Å². The Labute approximate surface area is 620 Å². The van der Waals surface area contributed by atoms with Gasteiger partial charge in [-0.15, -0.1) is 22.1 Å². The molecule has 0 spiro atoms. The van der Waals surface area contributed by atoms with Gasteiger partial charge in [-0.2, -0.15) is 0 Å². The first kappa shape index (κ1) is 87.1.